The number of nitrogens with one attached hydrogen (secondary N) is 1. The maximum Gasteiger partial charge on any atom is 0.119 e. The first kappa shape index (κ1) is 13.4. The summed E-state index contributed by atoms with van der Waals surface area (Å²) >= 11 is 0. The largest absolute Gasteiger partial charge is 0.357 e. The zero-order valence-corrected chi connectivity index (χ0v) is 12.2. The summed E-state index contributed by atoms with van der Waals surface area (Å²) in [6.07, 6.45) is 5.38. The van der Waals surface area contributed by atoms with Gasteiger partial charge in [0, 0.05) is 12.0 Å². The Morgan fingerprint density at radius 1 is 1.18 bits per heavy atom. The van der Waals surface area contributed by atoms with Crippen LogP contribution < -0.4 is 5.32 Å². The third-order valence-electron chi connectivity index (χ3n) is 5.15. The molecule has 1 N–H and O–H groups in total. The molecule has 0 bridgehead atoms. The second kappa shape index (κ2) is 4.55. The van der Waals surface area contributed by atoms with Crippen molar-refractivity contribution in [2.24, 2.45) is 17.3 Å². The monoisotopic (exact) mass is 239 g/mol. The first-order valence-corrected chi connectivity index (χ1v) is 7.27. The molecule has 1 aliphatic heterocycles. The van der Waals surface area contributed by atoms with Gasteiger partial charge in [0.2, 0.25) is 0 Å². The van der Waals surface area contributed by atoms with Gasteiger partial charge in [0.1, 0.15) is 5.72 Å². The van der Waals surface area contributed by atoms with Gasteiger partial charge in [0.05, 0.1) is 6.10 Å². The lowest BCUT2D eigenvalue weighted by Crippen LogP contribution is -2.61. The van der Waals surface area contributed by atoms with Crippen molar-refractivity contribution in [2.45, 2.75) is 72.1 Å². The summed E-state index contributed by atoms with van der Waals surface area (Å²) in [6, 6.07) is 0. The quantitative estimate of drug-likeness (QED) is 0.755. The van der Waals surface area contributed by atoms with Crippen LogP contribution in [-0.2, 0) is 4.74 Å². The molecule has 2 rings (SSSR count). The van der Waals surface area contributed by atoms with Crippen LogP contribution >= 0.6 is 0 Å². The maximum atomic E-state index is 6.35. The fourth-order valence-electron chi connectivity index (χ4n) is 3.14. The molecule has 1 saturated heterocycles. The second-order valence-corrected chi connectivity index (χ2v) is 7.18. The zero-order chi connectivity index (χ0) is 12.7. The van der Waals surface area contributed by atoms with Crippen LogP contribution in [-0.4, -0.2) is 18.4 Å². The van der Waals surface area contributed by atoms with Crippen LogP contribution in [0, 0.1) is 17.3 Å². The lowest BCUT2D eigenvalue weighted by atomic mass is 9.75. The summed E-state index contributed by atoms with van der Waals surface area (Å²) in [5.41, 5.74) is 0.264. The molecule has 1 unspecified atom stereocenters. The highest BCUT2D eigenvalue weighted by molar-refractivity contribution is 4.94. The van der Waals surface area contributed by atoms with Crippen molar-refractivity contribution < 1.29 is 4.74 Å². The average Bonchev–Trinajstić information content (AvgIpc) is 2.26. The summed E-state index contributed by atoms with van der Waals surface area (Å²) in [6.45, 7) is 12.6. The third-order valence-corrected chi connectivity index (χ3v) is 5.15. The Labute approximate surface area is 107 Å². The molecule has 0 aromatic heterocycles. The minimum absolute atomic E-state index is 0.000324. The number of rotatable bonds is 1. The highest BCUT2D eigenvalue weighted by Gasteiger charge is 2.45. The van der Waals surface area contributed by atoms with Crippen molar-refractivity contribution >= 4 is 0 Å². The molecule has 1 aliphatic carbocycles. The van der Waals surface area contributed by atoms with Crippen LogP contribution in [0.5, 0.6) is 0 Å². The topological polar surface area (TPSA) is 21.3 Å². The molecule has 0 aromatic rings. The van der Waals surface area contributed by atoms with E-state index in [1.165, 1.54) is 25.7 Å². The van der Waals surface area contributed by atoms with Crippen LogP contribution in [0.3, 0.4) is 0 Å². The molecule has 1 spiro atoms. The zero-order valence-electron chi connectivity index (χ0n) is 12.2. The van der Waals surface area contributed by atoms with E-state index in [9.17, 15) is 0 Å². The highest BCUT2D eigenvalue weighted by atomic mass is 16.5. The smallest absolute Gasteiger partial charge is 0.119 e. The molecule has 1 heterocycles. The van der Waals surface area contributed by atoms with Gasteiger partial charge in [-0.1, -0.05) is 27.7 Å². The Bertz CT molecular complexity index is 264. The van der Waals surface area contributed by atoms with Crippen molar-refractivity contribution in [1.82, 2.24) is 5.32 Å². The molecule has 100 valence electrons. The Kier molecular flexibility index (Phi) is 3.57. The Morgan fingerprint density at radius 3 is 2.24 bits per heavy atom. The highest BCUT2D eigenvalue weighted by Crippen LogP contribution is 2.41. The van der Waals surface area contributed by atoms with Gasteiger partial charge in [-0.2, -0.15) is 0 Å². The Hall–Kier alpha value is -0.0800. The molecule has 0 aromatic carbocycles. The fraction of sp³-hybridized carbons (Fsp3) is 1.00. The van der Waals surface area contributed by atoms with Crippen molar-refractivity contribution in [3.05, 3.63) is 0 Å². The Balaban J connectivity index is 1.96. The molecule has 2 aliphatic rings. The van der Waals surface area contributed by atoms with Crippen LogP contribution in [0.25, 0.3) is 0 Å². The number of ether oxygens (including phenoxy) is 1. The maximum absolute atomic E-state index is 6.35. The number of hydrogen-bond acceptors (Lipinski definition) is 2. The van der Waals surface area contributed by atoms with Crippen molar-refractivity contribution in [3.8, 4) is 0 Å². The van der Waals surface area contributed by atoms with Gasteiger partial charge in [-0.25, -0.2) is 0 Å². The van der Waals surface area contributed by atoms with Crippen molar-refractivity contribution in [2.75, 3.05) is 6.54 Å². The van der Waals surface area contributed by atoms with E-state index in [4.69, 9.17) is 4.74 Å². The third kappa shape index (κ3) is 2.68. The molecule has 0 amide bonds. The summed E-state index contributed by atoms with van der Waals surface area (Å²) in [4.78, 5) is 0. The molecule has 1 atom stereocenters. The molecule has 2 nitrogen and oxygen atoms in total. The predicted molar refractivity (Wildman–Crippen MR) is 71.9 cm³/mol. The standard InChI is InChI=1S/C15H29NO/c1-11(2)13-6-8-15(9-7-13)16-10-14(4,5)12(3)17-15/h11-13,16H,6-10H2,1-5H3. The van der Waals surface area contributed by atoms with Crippen molar-refractivity contribution in [1.29, 1.82) is 0 Å². The molecular weight excluding hydrogens is 210 g/mol. The SMILES string of the molecule is CC(C)C1CCC2(CC1)NCC(C)(C)C(C)O2. The molecule has 1 saturated carbocycles. The molecular formula is C15H29NO. The predicted octanol–water partition coefficient (Wildman–Crippen LogP) is 3.56. The van der Waals surface area contributed by atoms with Gasteiger partial charge in [-0.05, 0) is 44.4 Å². The van der Waals surface area contributed by atoms with Gasteiger partial charge in [0.25, 0.3) is 0 Å². The number of hydrogen-bond donors (Lipinski definition) is 1. The molecule has 2 heteroatoms. The minimum atomic E-state index is 0.000324. The van der Waals surface area contributed by atoms with E-state index < -0.39 is 0 Å². The average molecular weight is 239 g/mol. The van der Waals surface area contributed by atoms with Gasteiger partial charge in [0.15, 0.2) is 0 Å². The van der Waals surface area contributed by atoms with E-state index >= 15 is 0 Å². The normalized spacial score (nSPS) is 42.0. The van der Waals surface area contributed by atoms with E-state index in [0.717, 1.165) is 18.4 Å². The van der Waals surface area contributed by atoms with E-state index in [2.05, 4.69) is 39.9 Å². The Morgan fingerprint density at radius 2 is 1.76 bits per heavy atom. The van der Waals surface area contributed by atoms with Gasteiger partial charge >= 0.3 is 0 Å². The molecule has 17 heavy (non-hydrogen) atoms. The van der Waals surface area contributed by atoms with Crippen LogP contribution in [0.4, 0.5) is 0 Å². The van der Waals surface area contributed by atoms with E-state index in [1.54, 1.807) is 0 Å². The van der Waals surface area contributed by atoms with E-state index in [-0.39, 0.29) is 11.1 Å². The minimum Gasteiger partial charge on any atom is -0.357 e. The summed E-state index contributed by atoms with van der Waals surface area (Å²) in [5.74, 6) is 1.72. The van der Waals surface area contributed by atoms with Gasteiger partial charge in [-0.3, -0.25) is 5.32 Å². The van der Waals surface area contributed by atoms with Crippen LogP contribution in [0.15, 0.2) is 0 Å². The molecule has 0 radical (unpaired) electrons. The first-order valence-electron chi connectivity index (χ1n) is 7.27. The second-order valence-electron chi connectivity index (χ2n) is 7.18. The lowest BCUT2D eigenvalue weighted by Gasteiger charge is -2.51. The van der Waals surface area contributed by atoms with Gasteiger partial charge < -0.3 is 4.74 Å². The first-order chi connectivity index (χ1) is 7.85. The molecule has 2 fully saturated rings. The fourth-order valence-corrected chi connectivity index (χ4v) is 3.14. The van der Waals surface area contributed by atoms with Crippen LogP contribution in [0.1, 0.15) is 60.3 Å². The van der Waals surface area contributed by atoms with Gasteiger partial charge in [-0.15, -0.1) is 0 Å². The summed E-state index contributed by atoms with van der Waals surface area (Å²) in [5, 5.41) is 3.69. The van der Waals surface area contributed by atoms with Crippen molar-refractivity contribution in [3.63, 3.8) is 0 Å². The van der Waals surface area contributed by atoms with E-state index in [1.807, 2.05) is 0 Å². The summed E-state index contributed by atoms with van der Waals surface area (Å²) < 4.78 is 6.35. The van der Waals surface area contributed by atoms with Crippen LogP contribution in [0.2, 0.25) is 0 Å². The lowest BCUT2D eigenvalue weighted by molar-refractivity contribution is -0.199. The van der Waals surface area contributed by atoms with E-state index in [0.29, 0.717) is 6.10 Å². The summed E-state index contributed by atoms with van der Waals surface area (Å²) in [7, 11) is 0.